The summed E-state index contributed by atoms with van der Waals surface area (Å²) in [5.74, 6) is -0.593. The lowest BCUT2D eigenvalue weighted by Gasteiger charge is -2.28. The van der Waals surface area contributed by atoms with Crippen molar-refractivity contribution in [3.05, 3.63) is 90.0 Å². The molecule has 0 aromatic heterocycles. The molecule has 5 rings (SSSR count). The number of hydroxylamine groups is 1. The minimum Gasteiger partial charge on any atom is -0.497 e. The average molecular weight is 414 g/mol. The Kier molecular flexibility index (Phi) is 4.71. The maximum atomic E-state index is 13.5. The largest absolute Gasteiger partial charge is 0.497 e. The number of methoxy groups -OCH3 is 1. The average Bonchev–Trinajstić information content (AvgIpc) is 3.31. The van der Waals surface area contributed by atoms with Gasteiger partial charge in [-0.15, -0.1) is 0 Å². The Balaban J connectivity index is 1.56. The van der Waals surface area contributed by atoms with Crippen molar-refractivity contribution in [3.8, 4) is 5.75 Å². The topological polar surface area (TPSA) is 59.1 Å². The molecule has 6 nitrogen and oxygen atoms in total. The SMILES string of the molecule is COc1ccc(N2C(=O)[C@@H]3[C@@H](ON(c4ccccc4)[C@H]3c3ccc(C)cc3)C2=O)cc1. The van der Waals surface area contributed by atoms with Crippen LogP contribution in [-0.2, 0) is 14.4 Å². The molecular weight excluding hydrogens is 392 g/mol. The number of anilines is 2. The van der Waals surface area contributed by atoms with Crippen LogP contribution in [0.4, 0.5) is 11.4 Å². The number of fused-ring (bicyclic) bond motifs is 1. The summed E-state index contributed by atoms with van der Waals surface area (Å²) in [5.41, 5.74) is 3.38. The van der Waals surface area contributed by atoms with Gasteiger partial charge in [-0.25, -0.2) is 9.96 Å². The molecule has 0 radical (unpaired) electrons. The molecule has 2 amide bonds. The van der Waals surface area contributed by atoms with E-state index in [1.807, 2.05) is 61.5 Å². The van der Waals surface area contributed by atoms with Crippen LogP contribution >= 0.6 is 0 Å². The number of benzene rings is 3. The van der Waals surface area contributed by atoms with Crippen LogP contribution in [0.3, 0.4) is 0 Å². The normalized spacial score (nSPS) is 22.7. The van der Waals surface area contributed by atoms with Crippen molar-refractivity contribution in [1.29, 1.82) is 0 Å². The Bertz CT molecular complexity index is 1110. The van der Waals surface area contributed by atoms with E-state index in [9.17, 15) is 9.59 Å². The molecule has 156 valence electrons. The van der Waals surface area contributed by atoms with Gasteiger partial charge in [-0.3, -0.25) is 14.4 Å². The van der Waals surface area contributed by atoms with Crippen molar-refractivity contribution in [2.45, 2.75) is 19.1 Å². The maximum Gasteiger partial charge on any atom is 0.266 e. The van der Waals surface area contributed by atoms with Gasteiger partial charge in [-0.1, -0.05) is 48.0 Å². The summed E-state index contributed by atoms with van der Waals surface area (Å²) in [4.78, 5) is 34.2. The lowest BCUT2D eigenvalue weighted by molar-refractivity contribution is -0.126. The first-order chi connectivity index (χ1) is 15.1. The highest BCUT2D eigenvalue weighted by molar-refractivity contribution is 6.23. The lowest BCUT2D eigenvalue weighted by atomic mass is 9.90. The number of ether oxygens (including phenoxy) is 1. The molecule has 0 N–H and O–H groups in total. The second-order valence-electron chi connectivity index (χ2n) is 7.78. The van der Waals surface area contributed by atoms with Crippen LogP contribution < -0.4 is 14.7 Å². The number of amides is 2. The first kappa shape index (κ1) is 19.3. The van der Waals surface area contributed by atoms with Gasteiger partial charge in [0.1, 0.15) is 11.7 Å². The molecular formula is C25H22N2O4. The standard InChI is InChI=1S/C25H22N2O4/c1-16-8-10-17(11-9-16)22-21-23(31-27(22)19-6-4-3-5-7-19)25(29)26(24(21)28)18-12-14-20(30-2)15-13-18/h3-15,21-23H,1-2H3/t21-,22-,23+/m0/s1. The maximum absolute atomic E-state index is 13.5. The van der Waals surface area contributed by atoms with Gasteiger partial charge < -0.3 is 4.74 Å². The Morgan fingerprint density at radius 1 is 0.806 bits per heavy atom. The molecule has 0 aliphatic carbocycles. The summed E-state index contributed by atoms with van der Waals surface area (Å²) in [5, 5.41) is 1.71. The summed E-state index contributed by atoms with van der Waals surface area (Å²) in [6.07, 6.45) is -0.874. The number of nitrogens with zero attached hydrogens (tertiary/aromatic N) is 2. The minimum absolute atomic E-state index is 0.260. The third kappa shape index (κ3) is 3.16. The number of hydrogen-bond donors (Lipinski definition) is 0. The van der Waals surface area contributed by atoms with Crippen LogP contribution in [0.2, 0.25) is 0 Å². The third-order valence-electron chi connectivity index (χ3n) is 5.88. The summed E-state index contributed by atoms with van der Waals surface area (Å²) in [6, 6.07) is 24.1. The van der Waals surface area contributed by atoms with Crippen molar-refractivity contribution < 1.29 is 19.2 Å². The molecule has 31 heavy (non-hydrogen) atoms. The second kappa shape index (κ2) is 7.56. The second-order valence-corrected chi connectivity index (χ2v) is 7.78. The number of rotatable bonds is 4. The highest BCUT2D eigenvalue weighted by Crippen LogP contribution is 2.47. The number of imide groups is 1. The lowest BCUT2D eigenvalue weighted by Crippen LogP contribution is -2.37. The Morgan fingerprint density at radius 3 is 2.13 bits per heavy atom. The number of carbonyl (C=O) groups is 2. The van der Waals surface area contributed by atoms with E-state index in [1.165, 1.54) is 4.90 Å². The van der Waals surface area contributed by atoms with Gasteiger partial charge in [0.05, 0.1) is 24.5 Å². The van der Waals surface area contributed by atoms with E-state index >= 15 is 0 Å². The zero-order chi connectivity index (χ0) is 21.5. The molecule has 0 spiro atoms. The summed E-state index contributed by atoms with van der Waals surface area (Å²) >= 11 is 0. The Labute approximate surface area is 180 Å². The van der Waals surface area contributed by atoms with Crippen molar-refractivity contribution in [2.75, 3.05) is 17.1 Å². The molecule has 3 aromatic carbocycles. The van der Waals surface area contributed by atoms with Gasteiger partial charge in [0.2, 0.25) is 5.91 Å². The molecule has 0 saturated carbocycles. The van der Waals surface area contributed by atoms with Crippen LogP contribution in [0.1, 0.15) is 17.2 Å². The van der Waals surface area contributed by atoms with E-state index in [2.05, 4.69) is 0 Å². The van der Waals surface area contributed by atoms with Gasteiger partial charge in [-0.2, -0.15) is 0 Å². The molecule has 2 aliphatic rings. The predicted octanol–water partition coefficient (Wildman–Crippen LogP) is 4.05. The van der Waals surface area contributed by atoms with Crippen LogP contribution in [-0.4, -0.2) is 25.0 Å². The predicted molar refractivity (Wildman–Crippen MR) is 117 cm³/mol. The molecule has 2 heterocycles. The fraction of sp³-hybridized carbons (Fsp3) is 0.200. The molecule has 0 unspecified atom stereocenters. The zero-order valence-electron chi connectivity index (χ0n) is 17.3. The molecule has 0 bridgehead atoms. The molecule has 2 saturated heterocycles. The van der Waals surface area contributed by atoms with Gasteiger partial charge in [0, 0.05) is 0 Å². The highest BCUT2D eigenvalue weighted by atomic mass is 16.7. The summed E-state index contributed by atoms with van der Waals surface area (Å²) in [6.45, 7) is 2.02. The van der Waals surface area contributed by atoms with E-state index in [0.717, 1.165) is 16.8 Å². The van der Waals surface area contributed by atoms with Crippen LogP contribution in [0.25, 0.3) is 0 Å². The zero-order valence-corrected chi connectivity index (χ0v) is 17.3. The van der Waals surface area contributed by atoms with Gasteiger partial charge >= 0.3 is 0 Å². The first-order valence-corrected chi connectivity index (χ1v) is 10.2. The highest BCUT2D eigenvalue weighted by Gasteiger charge is 2.60. The monoisotopic (exact) mass is 414 g/mol. The first-order valence-electron chi connectivity index (χ1n) is 10.2. The third-order valence-corrected chi connectivity index (χ3v) is 5.88. The molecule has 2 aliphatic heterocycles. The smallest absolute Gasteiger partial charge is 0.266 e. The Hall–Kier alpha value is -3.64. The number of hydrogen-bond acceptors (Lipinski definition) is 5. The molecule has 3 atom stereocenters. The van der Waals surface area contributed by atoms with E-state index in [0.29, 0.717) is 11.4 Å². The minimum atomic E-state index is -0.874. The summed E-state index contributed by atoms with van der Waals surface area (Å²) in [7, 11) is 1.57. The fourth-order valence-corrected chi connectivity index (χ4v) is 4.30. The van der Waals surface area contributed by atoms with E-state index in [1.54, 1.807) is 36.4 Å². The quantitative estimate of drug-likeness (QED) is 0.603. The van der Waals surface area contributed by atoms with Gasteiger partial charge in [0.15, 0.2) is 6.10 Å². The summed E-state index contributed by atoms with van der Waals surface area (Å²) < 4.78 is 5.19. The fourth-order valence-electron chi connectivity index (χ4n) is 4.30. The van der Waals surface area contributed by atoms with Crippen molar-refractivity contribution in [3.63, 3.8) is 0 Å². The van der Waals surface area contributed by atoms with Crippen LogP contribution in [0.15, 0.2) is 78.9 Å². The van der Waals surface area contributed by atoms with Crippen molar-refractivity contribution in [1.82, 2.24) is 0 Å². The number of para-hydroxylation sites is 1. The van der Waals surface area contributed by atoms with E-state index in [-0.39, 0.29) is 11.8 Å². The molecule has 6 heteroatoms. The van der Waals surface area contributed by atoms with Crippen molar-refractivity contribution >= 4 is 23.2 Å². The van der Waals surface area contributed by atoms with E-state index in [4.69, 9.17) is 9.57 Å². The molecule has 3 aromatic rings. The number of carbonyl (C=O) groups excluding carboxylic acids is 2. The number of aryl methyl sites for hydroxylation is 1. The van der Waals surface area contributed by atoms with Gasteiger partial charge in [0.25, 0.3) is 5.91 Å². The van der Waals surface area contributed by atoms with Crippen molar-refractivity contribution in [2.24, 2.45) is 5.92 Å². The van der Waals surface area contributed by atoms with Crippen LogP contribution in [0, 0.1) is 12.8 Å². The Morgan fingerprint density at radius 2 is 1.48 bits per heavy atom. The molecule has 2 fully saturated rings. The van der Waals surface area contributed by atoms with E-state index < -0.39 is 18.1 Å². The van der Waals surface area contributed by atoms with Crippen LogP contribution in [0.5, 0.6) is 5.75 Å². The van der Waals surface area contributed by atoms with Gasteiger partial charge in [-0.05, 0) is 48.9 Å².